The molecule has 0 aliphatic heterocycles. The van der Waals surface area contributed by atoms with Crippen LogP contribution in [0.2, 0.25) is 0 Å². The molecule has 0 aromatic heterocycles. The van der Waals surface area contributed by atoms with Crippen LogP contribution in [-0.2, 0) is 19.1 Å². The number of rotatable bonds is 11. The van der Waals surface area contributed by atoms with Crippen LogP contribution < -0.4 is 21.1 Å². The Hall–Kier alpha value is -3.39. The average Bonchev–Trinajstić information content (AvgIpc) is 2.74. The molecule has 0 heterocycles. The van der Waals surface area contributed by atoms with Crippen LogP contribution in [0.3, 0.4) is 0 Å². The number of nitrogens with two attached hydrogens (primary N) is 1. The first-order chi connectivity index (χ1) is 14.5. The van der Waals surface area contributed by atoms with Crippen molar-refractivity contribution in [3.8, 4) is 11.5 Å². The van der Waals surface area contributed by atoms with Crippen LogP contribution in [0.25, 0.3) is 0 Å². The largest absolute Gasteiger partial charge is 0.466 e. The van der Waals surface area contributed by atoms with Crippen LogP contribution >= 0.6 is 0 Å². The second-order valence-corrected chi connectivity index (χ2v) is 6.48. The summed E-state index contributed by atoms with van der Waals surface area (Å²) in [6.07, 6.45) is 0.359. The lowest BCUT2D eigenvalue weighted by atomic mass is 10.1. The molecule has 0 saturated heterocycles. The summed E-state index contributed by atoms with van der Waals surface area (Å²) in [7, 11) is 0. The van der Waals surface area contributed by atoms with Gasteiger partial charge in [-0.25, -0.2) is 0 Å². The second kappa shape index (κ2) is 12.2. The summed E-state index contributed by atoms with van der Waals surface area (Å²) in [5.41, 5.74) is 6.42. The van der Waals surface area contributed by atoms with Crippen molar-refractivity contribution in [1.82, 2.24) is 5.32 Å². The van der Waals surface area contributed by atoms with Gasteiger partial charge >= 0.3 is 5.97 Å². The van der Waals surface area contributed by atoms with E-state index in [4.69, 9.17) is 15.2 Å². The number of para-hydroxylation sites is 1. The smallest absolute Gasteiger partial charge is 0.307 e. The Bertz CT molecular complexity index is 824. The fraction of sp³-hybridized carbons (Fsp3) is 0.318. The van der Waals surface area contributed by atoms with E-state index < -0.39 is 11.9 Å². The maximum Gasteiger partial charge on any atom is 0.307 e. The summed E-state index contributed by atoms with van der Waals surface area (Å²) >= 11 is 0. The van der Waals surface area contributed by atoms with E-state index in [1.165, 1.54) is 0 Å². The van der Waals surface area contributed by atoms with Crippen LogP contribution in [0.5, 0.6) is 11.5 Å². The third kappa shape index (κ3) is 8.32. The molecular weight excluding hydrogens is 386 g/mol. The molecule has 2 aromatic carbocycles. The Labute approximate surface area is 175 Å². The zero-order valence-electron chi connectivity index (χ0n) is 16.9. The highest BCUT2D eigenvalue weighted by Gasteiger charge is 2.15. The molecule has 2 amide bonds. The molecule has 2 aromatic rings. The van der Waals surface area contributed by atoms with E-state index in [0.29, 0.717) is 18.0 Å². The Morgan fingerprint density at radius 2 is 1.63 bits per heavy atom. The minimum Gasteiger partial charge on any atom is -0.466 e. The Balaban J connectivity index is 1.69. The Morgan fingerprint density at radius 3 is 2.30 bits per heavy atom. The number of carbonyl (C=O) groups is 3. The molecule has 0 saturated carbocycles. The van der Waals surface area contributed by atoms with Gasteiger partial charge in [-0.2, -0.15) is 0 Å². The van der Waals surface area contributed by atoms with Gasteiger partial charge in [0.2, 0.25) is 11.8 Å². The standard InChI is InChI=1S/C22H27N3O5/c1-2-29-21(27)14-15-24-22(28)19(23)12-13-20(26)25-16-8-10-18(11-9-16)30-17-6-4-3-5-7-17/h3-11,19H,2,12-15,23H2,1H3,(H,24,28)(H,25,26)/t19-/m0/s1. The van der Waals surface area contributed by atoms with Crippen LogP contribution in [0.15, 0.2) is 54.6 Å². The van der Waals surface area contributed by atoms with Crippen molar-refractivity contribution in [2.24, 2.45) is 5.73 Å². The molecule has 0 spiro atoms. The number of nitrogens with one attached hydrogen (secondary N) is 2. The molecule has 160 valence electrons. The topological polar surface area (TPSA) is 120 Å². The van der Waals surface area contributed by atoms with Gasteiger partial charge in [0.15, 0.2) is 0 Å². The first-order valence-corrected chi connectivity index (χ1v) is 9.79. The molecule has 0 fully saturated rings. The van der Waals surface area contributed by atoms with Gasteiger partial charge in [-0.3, -0.25) is 14.4 Å². The van der Waals surface area contributed by atoms with Gasteiger partial charge in [-0.15, -0.1) is 0 Å². The highest BCUT2D eigenvalue weighted by atomic mass is 16.5. The lowest BCUT2D eigenvalue weighted by Crippen LogP contribution is -2.41. The molecule has 1 atom stereocenters. The van der Waals surface area contributed by atoms with Gasteiger partial charge < -0.3 is 25.8 Å². The zero-order valence-corrected chi connectivity index (χ0v) is 16.9. The molecule has 8 heteroatoms. The first kappa shape index (κ1) is 22.9. The number of carbonyl (C=O) groups excluding carboxylic acids is 3. The SMILES string of the molecule is CCOC(=O)CCNC(=O)[C@@H](N)CCC(=O)Nc1ccc(Oc2ccccc2)cc1. The highest BCUT2D eigenvalue weighted by molar-refractivity contribution is 5.91. The van der Waals surface area contributed by atoms with E-state index in [2.05, 4.69) is 10.6 Å². The number of anilines is 1. The van der Waals surface area contributed by atoms with E-state index in [0.717, 1.165) is 5.75 Å². The third-order valence-electron chi connectivity index (χ3n) is 4.07. The fourth-order valence-corrected chi connectivity index (χ4v) is 2.52. The summed E-state index contributed by atoms with van der Waals surface area (Å²) in [4.78, 5) is 35.2. The summed E-state index contributed by atoms with van der Waals surface area (Å²) in [6, 6.07) is 15.5. The Kier molecular flexibility index (Phi) is 9.33. The monoisotopic (exact) mass is 413 g/mol. The predicted molar refractivity (Wildman–Crippen MR) is 113 cm³/mol. The van der Waals surface area contributed by atoms with Crippen molar-refractivity contribution in [3.05, 3.63) is 54.6 Å². The maximum atomic E-state index is 12.1. The van der Waals surface area contributed by atoms with Crippen molar-refractivity contribution >= 4 is 23.5 Å². The van der Waals surface area contributed by atoms with E-state index in [1.807, 2.05) is 30.3 Å². The number of benzene rings is 2. The summed E-state index contributed by atoms with van der Waals surface area (Å²) in [5.74, 6) is 0.339. The van der Waals surface area contributed by atoms with E-state index in [-0.39, 0.29) is 37.7 Å². The molecule has 0 aliphatic rings. The normalized spacial score (nSPS) is 11.3. The number of ether oxygens (including phenoxy) is 2. The van der Waals surface area contributed by atoms with Crippen LogP contribution in [0, 0.1) is 0 Å². The maximum absolute atomic E-state index is 12.1. The second-order valence-electron chi connectivity index (χ2n) is 6.48. The lowest BCUT2D eigenvalue weighted by molar-refractivity contribution is -0.143. The quantitative estimate of drug-likeness (QED) is 0.487. The average molecular weight is 413 g/mol. The molecule has 0 unspecified atom stereocenters. The number of esters is 1. The minimum atomic E-state index is -0.834. The predicted octanol–water partition coefficient (Wildman–Crippen LogP) is 2.59. The van der Waals surface area contributed by atoms with Crippen molar-refractivity contribution in [2.75, 3.05) is 18.5 Å². The number of hydrogen-bond donors (Lipinski definition) is 3. The van der Waals surface area contributed by atoms with E-state index in [9.17, 15) is 14.4 Å². The number of amides is 2. The van der Waals surface area contributed by atoms with E-state index in [1.54, 1.807) is 31.2 Å². The molecule has 2 rings (SSSR count). The Morgan fingerprint density at radius 1 is 0.967 bits per heavy atom. The molecule has 8 nitrogen and oxygen atoms in total. The van der Waals surface area contributed by atoms with Gasteiger partial charge in [0.1, 0.15) is 11.5 Å². The van der Waals surface area contributed by atoms with E-state index >= 15 is 0 Å². The molecular formula is C22H27N3O5. The minimum absolute atomic E-state index is 0.0801. The molecule has 0 bridgehead atoms. The highest BCUT2D eigenvalue weighted by Crippen LogP contribution is 2.22. The van der Waals surface area contributed by atoms with Gasteiger partial charge in [0.25, 0.3) is 0 Å². The molecule has 30 heavy (non-hydrogen) atoms. The molecule has 0 aliphatic carbocycles. The molecule has 4 N–H and O–H groups in total. The summed E-state index contributed by atoms with van der Waals surface area (Å²) in [5, 5.41) is 5.32. The van der Waals surface area contributed by atoms with Crippen LogP contribution in [0.1, 0.15) is 26.2 Å². The van der Waals surface area contributed by atoms with Gasteiger partial charge in [0, 0.05) is 18.7 Å². The summed E-state index contributed by atoms with van der Waals surface area (Å²) < 4.78 is 10.5. The fourth-order valence-electron chi connectivity index (χ4n) is 2.52. The van der Waals surface area contributed by atoms with Gasteiger partial charge in [-0.1, -0.05) is 18.2 Å². The third-order valence-corrected chi connectivity index (χ3v) is 4.07. The first-order valence-electron chi connectivity index (χ1n) is 9.79. The molecule has 0 radical (unpaired) electrons. The van der Waals surface area contributed by atoms with Crippen molar-refractivity contribution < 1.29 is 23.9 Å². The number of hydrogen-bond acceptors (Lipinski definition) is 6. The van der Waals surface area contributed by atoms with Crippen molar-refractivity contribution in [1.29, 1.82) is 0 Å². The van der Waals surface area contributed by atoms with Crippen LogP contribution in [-0.4, -0.2) is 37.0 Å². The van der Waals surface area contributed by atoms with Gasteiger partial charge in [0.05, 0.1) is 19.1 Å². The van der Waals surface area contributed by atoms with Crippen LogP contribution in [0.4, 0.5) is 5.69 Å². The van der Waals surface area contributed by atoms with Gasteiger partial charge in [-0.05, 0) is 49.7 Å². The van der Waals surface area contributed by atoms with Crippen molar-refractivity contribution in [2.45, 2.75) is 32.2 Å². The van der Waals surface area contributed by atoms with Crippen molar-refractivity contribution in [3.63, 3.8) is 0 Å². The zero-order chi connectivity index (χ0) is 21.8. The lowest BCUT2D eigenvalue weighted by Gasteiger charge is -2.12. The summed E-state index contributed by atoms with van der Waals surface area (Å²) in [6.45, 7) is 2.16.